The van der Waals surface area contributed by atoms with E-state index in [4.69, 9.17) is 9.47 Å². The van der Waals surface area contributed by atoms with Crippen molar-refractivity contribution in [2.24, 2.45) is 0 Å². The van der Waals surface area contributed by atoms with E-state index in [1.807, 2.05) is 30.3 Å². The van der Waals surface area contributed by atoms with Crippen LogP contribution in [0.3, 0.4) is 0 Å². The van der Waals surface area contributed by atoms with Gasteiger partial charge in [-0.2, -0.15) is 0 Å². The highest BCUT2D eigenvalue weighted by Gasteiger charge is 2.46. The van der Waals surface area contributed by atoms with Gasteiger partial charge >= 0.3 is 6.03 Å². The van der Waals surface area contributed by atoms with Crippen molar-refractivity contribution >= 4 is 16.1 Å². The van der Waals surface area contributed by atoms with Gasteiger partial charge in [0.2, 0.25) is 16.0 Å². The second-order valence-electron chi connectivity index (χ2n) is 7.88. The van der Waals surface area contributed by atoms with Crippen molar-refractivity contribution in [2.45, 2.75) is 24.7 Å². The number of sulfonamides is 1. The summed E-state index contributed by atoms with van der Waals surface area (Å²) in [4.78, 5) is 14.1. The minimum Gasteiger partial charge on any atom is -0.496 e. The van der Waals surface area contributed by atoms with Gasteiger partial charge in [-0.05, 0) is 18.1 Å². The number of carbonyl (C=O) groups excluding carboxylic acids is 1. The molecule has 0 unspecified atom stereocenters. The molecule has 2 aliphatic heterocycles. The van der Waals surface area contributed by atoms with Gasteiger partial charge in [0, 0.05) is 11.1 Å². The normalized spacial score (nSPS) is 23.2. The number of benzene rings is 2. The number of urea groups is 1. The monoisotopic (exact) mass is 481 g/mol. The molecule has 0 aliphatic carbocycles. The number of nitrogens with one attached hydrogen (secondary N) is 2. The number of fused-ring (bicyclic) bond motifs is 5. The highest BCUT2D eigenvalue weighted by Crippen LogP contribution is 2.40. The van der Waals surface area contributed by atoms with Crippen LogP contribution in [0.15, 0.2) is 42.5 Å². The Labute approximate surface area is 190 Å². The number of methoxy groups -OCH3 is 1. The van der Waals surface area contributed by atoms with Crippen molar-refractivity contribution in [2.75, 3.05) is 32.8 Å². The van der Waals surface area contributed by atoms with E-state index in [9.17, 15) is 22.0 Å². The lowest BCUT2D eigenvalue weighted by atomic mass is 9.95. The fourth-order valence-corrected chi connectivity index (χ4v) is 5.18. The summed E-state index contributed by atoms with van der Waals surface area (Å²) in [6, 6.07) is 8.39. The Balaban J connectivity index is 1.81. The maximum Gasteiger partial charge on any atom is 0.317 e. The Morgan fingerprint density at radius 1 is 1.21 bits per heavy atom. The maximum atomic E-state index is 14.9. The van der Waals surface area contributed by atoms with E-state index in [0.29, 0.717) is 17.1 Å². The molecule has 178 valence electrons. The molecule has 2 aromatic carbocycles. The van der Waals surface area contributed by atoms with Crippen LogP contribution in [0.2, 0.25) is 0 Å². The van der Waals surface area contributed by atoms with Crippen LogP contribution >= 0.6 is 0 Å². The number of hydrogen-bond acceptors (Lipinski definition) is 5. The van der Waals surface area contributed by atoms with Crippen LogP contribution in [0.1, 0.15) is 5.56 Å². The molecule has 2 aromatic rings. The average molecular weight is 482 g/mol. The summed E-state index contributed by atoms with van der Waals surface area (Å²) in [6.07, 6.45) is -1.62. The van der Waals surface area contributed by atoms with Crippen LogP contribution in [0, 0.1) is 0 Å². The molecule has 1 saturated heterocycles. The molecule has 2 bridgehead atoms. The molecule has 4 rings (SSSR count). The molecule has 33 heavy (non-hydrogen) atoms. The Morgan fingerprint density at radius 3 is 2.73 bits per heavy atom. The first-order valence-corrected chi connectivity index (χ1v) is 12.1. The third kappa shape index (κ3) is 4.74. The molecular formula is C22H25F2N3O5S. The fraction of sp³-hybridized carbons (Fsp3) is 0.409. The van der Waals surface area contributed by atoms with Crippen LogP contribution < -0.4 is 19.5 Å². The lowest BCUT2D eigenvalue weighted by molar-refractivity contribution is 0.185. The number of rotatable bonds is 4. The first-order chi connectivity index (χ1) is 15.8. The summed E-state index contributed by atoms with van der Waals surface area (Å²) < 4.78 is 65.4. The second kappa shape index (κ2) is 9.52. The quantitative estimate of drug-likeness (QED) is 0.698. The van der Waals surface area contributed by atoms with E-state index in [2.05, 4.69) is 10.0 Å². The summed E-state index contributed by atoms with van der Waals surface area (Å²) in [5, 5.41) is 2.69. The van der Waals surface area contributed by atoms with Gasteiger partial charge < -0.3 is 19.7 Å². The minimum absolute atomic E-state index is 0.0906. The molecule has 0 spiro atoms. The first kappa shape index (κ1) is 23.2. The summed E-state index contributed by atoms with van der Waals surface area (Å²) >= 11 is 0. The third-order valence-electron chi connectivity index (χ3n) is 5.84. The molecule has 8 nitrogen and oxygen atoms in total. The van der Waals surface area contributed by atoms with Gasteiger partial charge in [0.1, 0.15) is 24.3 Å². The Bertz CT molecular complexity index is 1130. The van der Waals surface area contributed by atoms with Gasteiger partial charge in [-0.25, -0.2) is 26.7 Å². The molecule has 0 aromatic heterocycles. The van der Waals surface area contributed by atoms with Gasteiger partial charge in [-0.1, -0.05) is 36.4 Å². The van der Waals surface area contributed by atoms with Crippen LogP contribution in [0.4, 0.5) is 13.6 Å². The largest absolute Gasteiger partial charge is 0.496 e. The van der Waals surface area contributed by atoms with Crippen molar-refractivity contribution in [3.63, 3.8) is 0 Å². The molecule has 11 heteroatoms. The zero-order chi connectivity index (χ0) is 23.6. The molecular weight excluding hydrogens is 456 g/mol. The lowest BCUT2D eigenvalue weighted by Gasteiger charge is -2.29. The van der Waals surface area contributed by atoms with E-state index < -0.39 is 40.3 Å². The van der Waals surface area contributed by atoms with Crippen LogP contribution in [0.25, 0.3) is 11.1 Å². The summed E-state index contributed by atoms with van der Waals surface area (Å²) in [5.74, 6) is 1.11. The standard InChI is InChI=1S/C22H25F2N3O5S/c1-31-21-14-5-4-7-16(21)15-6-2-3-8-19(15)32-10-9-25-22(28)27-12-17(24)20(18(27)11-14)26-33(29,30)13-23/h2-8,17-18,20,26H,9-13H2,1H3,(H,25,28)/t17-,18-,20-/m0/s1. The summed E-state index contributed by atoms with van der Waals surface area (Å²) in [5.41, 5.74) is 2.17. The molecule has 0 saturated carbocycles. The molecule has 2 amide bonds. The van der Waals surface area contributed by atoms with Crippen molar-refractivity contribution in [1.82, 2.24) is 14.9 Å². The highest BCUT2D eigenvalue weighted by molar-refractivity contribution is 7.89. The van der Waals surface area contributed by atoms with Gasteiger partial charge in [0.15, 0.2) is 0 Å². The van der Waals surface area contributed by atoms with Gasteiger partial charge in [0.25, 0.3) is 0 Å². The highest BCUT2D eigenvalue weighted by atomic mass is 32.2. The second-order valence-corrected chi connectivity index (χ2v) is 9.57. The Morgan fingerprint density at radius 2 is 1.97 bits per heavy atom. The van der Waals surface area contributed by atoms with Crippen molar-refractivity contribution in [1.29, 1.82) is 0 Å². The molecule has 2 aliphatic rings. The summed E-state index contributed by atoms with van der Waals surface area (Å²) in [6.45, 7) is -0.0117. The van der Waals surface area contributed by atoms with Crippen molar-refractivity contribution < 1.29 is 31.5 Å². The van der Waals surface area contributed by atoms with E-state index >= 15 is 0 Å². The van der Waals surface area contributed by atoms with Gasteiger partial charge in [-0.3, -0.25) is 0 Å². The zero-order valence-electron chi connectivity index (χ0n) is 18.0. The number of alkyl halides is 2. The summed E-state index contributed by atoms with van der Waals surface area (Å²) in [7, 11) is -2.85. The van der Waals surface area contributed by atoms with Crippen molar-refractivity contribution in [3.05, 3.63) is 48.0 Å². The minimum atomic E-state index is -4.35. The van der Waals surface area contributed by atoms with E-state index in [1.54, 1.807) is 12.1 Å². The topological polar surface area (TPSA) is 97.0 Å². The smallest absolute Gasteiger partial charge is 0.317 e. The number of hydrogen-bond donors (Lipinski definition) is 2. The number of ether oxygens (including phenoxy) is 2. The first-order valence-electron chi connectivity index (χ1n) is 10.5. The number of nitrogens with zero attached hydrogens (tertiary/aromatic N) is 1. The SMILES string of the molecule is COc1c2cccc1-c1ccccc1OCCNC(=O)N1C[C@H](F)[C@H](NS(=O)(=O)CF)[C@@H]1C2. The van der Waals surface area contributed by atoms with Crippen LogP contribution in [-0.4, -0.2) is 70.4 Å². The lowest BCUT2D eigenvalue weighted by Crippen LogP contribution is -2.52. The van der Waals surface area contributed by atoms with E-state index in [-0.39, 0.29) is 26.1 Å². The number of amides is 2. The van der Waals surface area contributed by atoms with Crippen LogP contribution in [0.5, 0.6) is 11.5 Å². The number of halogens is 2. The van der Waals surface area contributed by atoms with Gasteiger partial charge in [0.05, 0.1) is 32.3 Å². The molecule has 3 atom stereocenters. The Kier molecular flexibility index (Phi) is 6.71. The number of para-hydroxylation sites is 2. The van der Waals surface area contributed by atoms with Gasteiger partial charge in [-0.15, -0.1) is 0 Å². The molecule has 0 radical (unpaired) electrons. The van der Waals surface area contributed by atoms with Crippen molar-refractivity contribution in [3.8, 4) is 22.6 Å². The third-order valence-corrected chi connectivity index (χ3v) is 6.76. The average Bonchev–Trinajstić information content (AvgIpc) is 3.11. The Hall–Kier alpha value is -2.92. The van der Waals surface area contributed by atoms with E-state index in [1.165, 1.54) is 12.0 Å². The molecule has 2 heterocycles. The fourth-order valence-electron chi connectivity index (χ4n) is 4.39. The zero-order valence-corrected chi connectivity index (χ0v) is 18.8. The van der Waals surface area contributed by atoms with E-state index in [0.717, 1.165) is 11.1 Å². The molecule has 1 fully saturated rings. The van der Waals surface area contributed by atoms with Crippen LogP contribution in [-0.2, 0) is 16.4 Å². The number of carbonyl (C=O) groups is 1. The predicted octanol–water partition coefficient (Wildman–Crippen LogP) is 2.24. The maximum absolute atomic E-state index is 14.9. The predicted molar refractivity (Wildman–Crippen MR) is 118 cm³/mol. The molecule has 2 N–H and O–H groups in total.